The van der Waals surface area contributed by atoms with Crippen LogP contribution in [0.2, 0.25) is 0 Å². The lowest BCUT2D eigenvalue weighted by Crippen LogP contribution is -2.04. The number of rotatable bonds is 5. The molecular formula is C37H27N3O. The van der Waals surface area contributed by atoms with E-state index in [0.29, 0.717) is 18.0 Å². The van der Waals surface area contributed by atoms with Gasteiger partial charge in [0.15, 0.2) is 0 Å². The first-order chi connectivity index (χ1) is 20.3. The zero-order valence-electron chi connectivity index (χ0n) is 22.4. The van der Waals surface area contributed by atoms with Gasteiger partial charge < -0.3 is 19.6 Å². The highest BCUT2D eigenvalue weighted by molar-refractivity contribution is 6.10. The van der Waals surface area contributed by atoms with Crippen molar-refractivity contribution in [1.29, 1.82) is 0 Å². The van der Waals surface area contributed by atoms with Crippen LogP contribution in [0, 0.1) is 0 Å². The van der Waals surface area contributed by atoms with E-state index in [4.69, 9.17) is 10.5 Å². The zero-order chi connectivity index (χ0) is 27.3. The molecule has 0 saturated carbocycles. The minimum atomic E-state index is 0.392. The van der Waals surface area contributed by atoms with E-state index in [2.05, 4.69) is 124 Å². The molecule has 41 heavy (non-hydrogen) atoms. The fourth-order valence-corrected chi connectivity index (χ4v) is 6.17. The monoisotopic (exact) mass is 529 g/mol. The Morgan fingerprint density at radius 1 is 0.463 bits per heavy atom. The molecule has 8 aromatic rings. The Balaban J connectivity index is 1.40. The zero-order valence-corrected chi connectivity index (χ0v) is 22.4. The molecule has 6 aromatic carbocycles. The van der Waals surface area contributed by atoms with E-state index in [-0.39, 0.29) is 0 Å². The maximum atomic E-state index is 6.27. The van der Waals surface area contributed by atoms with Crippen LogP contribution in [0.5, 0.6) is 5.75 Å². The van der Waals surface area contributed by atoms with Crippen LogP contribution in [0.1, 0.15) is 5.56 Å². The van der Waals surface area contributed by atoms with Gasteiger partial charge in [-0.2, -0.15) is 0 Å². The minimum Gasteiger partial charge on any atom is -0.487 e. The molecule has 0 saturated heterocycles. The summed E-state index contributed by atoms with van der Waals surface area (Å²) in [5.74, 6) is 0.688. The van der Waals surface area contributed by atoms with E-state index < -0.39 is 0 Å². The predicted octanol–water partition coefficient (Wildman–Crippen LogP) is 9.04. The number of para-hydroxylation sites is 6. The highest BCUT2D eigenvalue weighted by Crippen LogP contribution is 2.36. The Labute approximate surface area is 237 Å². The molecule has 4 nitrogen and oxygen atoms in total. The van der Waals surface area contributed by atoms with Gasteiger partial charge in [0.05, 0.1) is 27.8 Å². The molecule has 0 bridgehead atoms. The van der Waals surface area contributed by atoms with Crippen LogP contribution in [-0.4, -0.2) is 9.13 Å². The first-order valence-corrected chi connectivity index (χ1v) is 13.8. The number of anilines is 1. The average molecular weight is 530 g/mol. The minimum absolute atomic E-state index is 0.392. The Kier molecular flexibility index (Phi) is 5.32. The summed E-state index contributed by atoms with van der Waals surface area (Å²) in [5.41, 5.74) is 14.8. The highest BCUT2D eigenvalue weighted by Gasteiger charge is 2.16. The fourth-order valence-electron chi connectivity index (χ4n) is 6.17. The van der Waals surface area contributed by atoms with Gasteiger partial charge in [0, 0.05) is 32.9 Å². The summed E-state index contributed by atoms with van der Waals surface area (Å²) < 4.78 is 11.0. The molecule has 0 aliphatic heterocycles. The van der Waals surface area contributed by atoms with Gasteiger partial charge in [-0.1, -0.05) is 84.9 Å². The van der Waals surface area contributed by atoms with E-state index in [9.17, 15) is 0 Å². The number of nitrogen functional groups attached to an aromatic ring is 1. The van der Waals surface area contributed by atoms with Crippen molar-refractivity contribution in [2.75, 3.05) is 5.73 Å². The molecule has 2 aromatic heterocycles. The Morgan fingerprint density at radius 2 is 0.854 bits per heavy atom. The van der Waals surface area contributed by atoms with Crippen LogP contribution in [0.25, 0.3) is 55.0 Å². The second-order valence-corrected chi connectivity index (χ2v) is 10.4. The van der Waals surface area contributed by atoms with Crippen molar-refractivity contribution in [3.05, 3.63) is 145 Å². The molecule has 0 fully saturated rings. The summed E-state index contributed by atoms with van der Waals surface area (Å²) in [7, 11) is 0. The summed E-state index contributed by atoms with van der Waals surface area (Å²) in [6.45, 7) is 0.392. The smallest absolute Gasteiger partial charge is 0.142 e. The first kappa shape index (κ1) is 23.4. The van der Waals surface area contributed by atoms with Crippen molar-refractivity contribution in [2.24, 2.45) is 0 Å². The third-order valence-corrected chi connectivity index (χ3v) is 7.95. The van der Waals surface area contributed by atoms with Crippen molar-refractivity contribution < 1.29 is 4.74 Å². The van der Waals surface area contributed by atoms with Crippen LogP contribution in [0.3, 0.4) is 0 Å². The molecule has 8 rings (SSSR count). The SMILES string of the molecule is Nc1ccccc1OCc1cc(-n2c3ccccc3c3ccccc32)cc(-n2c3ccccc3c3ccccc32)c1. The molecule has 0 aliphatic rings. The Hall–Kier alpha value is -5.48. The second kappa shape index (κ2) is 9.32. The van der Waals surface area contributed by atoms with Crippen LogP contribution in [-0.2, 0) is 6.61 Å². The molecule has 4 heteroatoms. The summed E-state index contributed by atoms with van der Waals surface area (Å²) in [5, 5.41) is 4.95. The van der Waals surface area contributed by atoms with E-state index >= 15 is 0 Å². The van der Waals surface area contributed by atoms with Gasteiger partial charge in [-0.05, 0) is 60.2 Å². The van der Waals surface area contributed by atoms with Gasteiger partial charge in [0.2, 0.25) is 0 Å². The summed E-state index contributed by atoms with van der Waals surface area (Å²) in [6.07, 6.45) is 0. The first-order valence-electron chi connectivity index (χ1n) is 13.8. The van der Waals surface area contributed by atoms with Crippen LogP contribution in [0.4, 0.5) is 5.69 Å². The number of hydrogen-bond acceptors (Lipinski definition) is 2. The summed E-state index contributed by atoms with van der Waals surface area (Å²) in [4.78, 5) is 0. The lowest BCUT2D eigenvalue weighted by atomic mass is 10.1. The number of hydrogen-bond donors (Lipinski definition) is 1. The average Bonchev–Trinajstić information content (AvgIpc) is 3.54. The Bertz CT molecular complexity index is 2000. The number of fused-ring (bicyclic) bond motifs is 6. The van der Waals surface area contributed by atoms with E-state index in [0.717, 1.165) is 16.9 Å². The third-order valence-electron chi connectivity index (χ3n) is 7.95. The van der Waals surface area contributed by atoms with E-state index in [1.54, 1.807) is 0 Å². The number of benzene rings is 6. The van der Waals surface area contributed by atoms with Crippen molar-refractivity contribution in [3.63, 3.8) is 0 Å². The Morgan fingerprint density at radius 3 is 1.29 bits per heavy atom. The lowest BCUT2D eigenvalue weighted by molar-refractivity contribution is 0.308. The fraction of sp³-hybridized carbons (Fsp3) is 0.0270. The van der Waals surface area contributed by atoms with Crippen molar-refractivity contribution >= 4 is 49.3 Å². The maximum absolute atomic E-state index is 6.27. The lowest BCUT2D eigenvalue weighted by Gasteiger charge is -2.16. The number of nitrogens with two attached hydrogens (primary N) is 1. The highest BCUT2D eigenvalue weighted by atomic mass is 16.5. The molecule has 2 N–H and O–H groups in total. The molecule has 196 valence electrons. The van der Waals surface area contributed by atoms with Gasteiger partial charge in [-0.15, -0.1) is 0 Å². The van der Waals surface area contributed by atoms with E-state index in [1.165, 1.54) is 43.6 Å². The second-order valence-electron chi connectivity index (χ2n) is 10.4. The van der Waals surface area contributed by atoms with Crippen LogP contribution >= 0.6 is 0 Å². The topological polar surface area (TPSA) is 45.1 Å². The van der Waals surface area contributed by atoms with Gasteiger partial charge in [0.1, 0.15) is 12.4 Å². The molecule has 0 amide bonds. The van der Waals surface area contributed by atoms with Crippen molar-refractivity contribution in [1.82, 2.24) is 9.13 Å². The maximum Gasteiger partial charge on any atom is 0.142 e. The van der Waals surface area contributed by atoms with Crippen molar-refractivity contribution in [2.45, 2.75) is 6.61 Å². The molecule has 0 aliphatic carbocycles. The number of aromatic nitrogens is 2. The largest absolute Gasteiger partial charge is 0.487 e. The normalized spacial score (nSPS) is 11.6. The van der Waals surface area contributed by atoms with Gasteiger partial charge in [0.25, 0.3) is 0 Å². The quantitative estimate of drug-likeness (QED) is 0.226. The predicted molar refractivity (Wildman–Crippen MR) is 170 cm³/mol. The molecular weight excluding hydrogens is 502 g/mol. The standard InChI is InChI=1S/C37H27N3O/c38-32-15-5-10-20-37(32)41-24-25-21-26(39-33-16-6-1-11-28(33)29-12-2-7-17-34(29)39)23-27(22-25)40-35-18-8-3-13-30(35)31-14-4-9-19-36(31)40/h1-23H,24,38H2. The van der Waals surface area contributed by atoms with E-state index in [1.807, 2.05) is 24.3 Å². The van der Waals surface area contributed by atoms with Gasteiger partial charge in [-0.3, -0.25) is 0 Å². The number of ether oxygens (including phenoxy) is 1. The van der Waals surface area contributed by atoms with Crippen LogP contribution < -0.4 is 10.5 Å². The van der Waals surface area contributed by atoms with Crippen LogP contribution in [0.15, 0.2) is 140 Å². The molecule has 0 atom stereocenters. The van der Waals surface area contributed by atoms with Crippen molar-refractivity contribution in [3.8, 4) is 17.1 Å². The molecule has 0 unspecified atom stereocenters. The summed E-state index contributed by atoms with van der Waals surface area (Å²) in [6, 6.07) is 48.9. The molecule has 2 heterocycles. The molecule has 0 spiro atoms. The van der Waals surface area contributed by atoms with Gasteiger partial charge in [-0.25, -0.2) is 0 Å². The third kappa shape index (κ3) is 3.76. The van der Waals surface area contributed by atoms with Gasteiger partial charge >= 0.3 is 0 Å². The summed E-state index contributed by atoms with van der Waals surface area (Å²) >= 11 is 0. The molecule has 0 radical (unpaired) electrons. The number of nitrogens with zero attached hydrogens (tertiary/aromatic N) is 2.